The lowest BCUT2D eigenvalue weighted by Crippen LogP contribution is -2.28. The normalized spacial score (nSPS) is 17.6. The highest BCUT2D eigenvalue weighted by Crippen LogP contribution is 2.34. The number of fused-ring (bicyclic) bond motifs is 1. The molecule has 2 nitrogen and oxygen atoms in total. The highest BCUT2D eigenvalue weighted by atomic mass is 16.5. The molecule has 1 heterocycles. The van der Waals surface area contributed by atoms with E-state index in [4.69, 9.17) is 4.74 Å². The predicted molar refractivity (Wildman–Crippen MR) is 89.2 cm³/mol. The molecule has 0 fully saturated rings. The minimum absolute atomic E-state index is 0.353. The molecule has 1 aromatic carbocycles. The average molecular weight is 289 g/mol. The molecule has 2 atom stereocenters. The van der Waals surface area contributed by atoms with Crippen molar-refractivity contribution in [2.24, 2.45) is 11.3 Å². The van der Waals surface area contributed by atoms with Crippen LogP contribution in [0.15, 0.2) is 18.2 Å². The van der Waals surface area contributed by atoms with E-state index in [2.05, 4.69) is 58.1 Å². The zero-order chi connectivity index (χ0) is 15.5. The fourth-order valence-corrected chi connectivity index (χ4v) is 2.77. The second-order valence-electron chi connectivity index (χ2n) is 7.53. The van der Waals surface area contributed by atoms with Gasteiger partial charge in [0.2, 0.25) is 0 Å². The quantitative estimate of drug-likeness (QED) is 0.810. The molecule has 1 N–H and O–H groups in total. The SMILES string of the molecule is CCCNC(CC(C)C(C)(C)C)c1ccc2c(c1)COC2. The van der Waals surface area contributed by atoms with Crippen LogP contribution in [0.3, 0.4) is 0 Å². The Kier molecular flexibility index (Phi) is 5.45. The molecule has 118 valence electrons. The fraction of sp³-hybridized carbons (Fsp3) is 0.684. The third-order valence-electron chi connectivity index (χ3n) is 4.86. The first-order valence-electron chi connectivity index (χ1n) is 8.34. The molecule has 0 amide bonds. The van der Waals surface area contributed by atoms with Crippen molar-refractivity contribution < 1.29 is 4.74 Å². The Morgan fingerprint density at radius 3 is 2.57 bits per heavy atom. The maximum Gasteiger partial charge on any atom is 0.0725 e. The summed E-state index contributed by atoms with van der Waals surface area (Å²) < 4.78 is 5.55. The first-order chi connectivity index (χ1) is 9.91. The van der Waals surface area contributed by atoms with Gasteiger partial charge in [0.25, 0.3) is 0 Å². The van der Waals surface area contributed by atoms with Crippen molar-refractivity contribution in [2.45, 2.75) is 66.7 Å². The van der Waals surface area contributed by atoms with E-state index in [0.717, 1.165) is 19.8 Å². The van der Waals surface area contributed by atoms with E-state index in [1.54, 1.807) is 0 Å². The standard InChI is InChI=1S/C19H31NO/c1-6-9-20-18(10-14(2)19(3,4)5)15-7-8-16-12-21-13-17(16)11-15/h7-8,11,14,18,20H,6,9-10,12-13H2,1-5H3. The van der Waals surface area contributed by atoms with Crippen molar-refractivity contribution in [3.8, 4) is 0 Å². The zero-order valence-electron chi connectivity index (χ0n) is 14.3. The minimum atomic E-state index is 0.353. The van der Waals surface area contributed by atoms with Crippen LogP contribution in [-0.2, 0) is 18.0 Å². The first kappa shape index (κ1) is 16.5. The van der Waals surface area contributed by atoms with Gasteiger partial charge < -0.3 is 10.1 Å². The molecule has 2 heteroatoms. The lowest BCUT2D eigenvalue weighted by Gasteiger charge is -2.31. The Morgan fingerprint density at radius 2 is 1.90 bits per heavy atom. The zero-order valence-corrected chi connectivity index (χ0v) is 14.3. The number of nitrogens with one attached hydrogen (secondary N) is 1. The molecule has 2 unspecified atom stereocenters. The van der Waals surface area contributed by atoms with E-state index in [1.165, 1.54) is 29.5 Å². The van der Waals surface area contributed by atoms with Crippen LogP contribution < -0.4 is 5.32 Å². The second kappa shape index (κ2) is 6.93. The van der Waals surface area contributed by atoms with Crippen LogP contribution >= 0.6 is 0 Å². The Bertz CT molecular complexity index is 461. The smallest absolute Gasteiger partial charge is 0.0725 e. The number of ether oxygens (including phenoxy) is 1. The van der Waals surface area contributed by atoms with E-state index >= 15 is 0 Å². The molecule has 0 radical (unpaired) electrons. The molecule has 21 heavy (non-hydrogen) atoms. The molecule has 0 bridgehead atoms. The molecule has 0 aromatic heterocycles. The Labute approximate surface area is 130 Å². The van der Waals surface area contributed by atoms with Gasteiger partial charge >= 0.3 is 0 Å². The minimum Gasteiger partial charge on any atom is -0.372 e. The summed E-state index contributed by atoms with van der Waals surface area (Å²) in [5.41, 5.74) is 4.51. The van der Waals surface area contributed by atoms with Gasteiger partial charge in [-0.15, -0.1) is 0 Å². The van der Waals surface area contributed by atoms with E-state index < -0.39 is 0 Å². The van der Waals surface area contributed by atoms with Gasteiger partial charge in [0.1, 0.15) is 0 Å². The van der Waals surface area contributed by atoms with E-state index in [-0.39, 0.29) is 0 Å². The molecule has 2 rings (SSSR count). The number of rotatable bonds is 6. The van der Waals surface area contributed by atoms with Gasteiger partial charge in [-0.1, -0.05) is 52.8 Å². The topological polar surface area (TPSA) is 21.3 Å². The lowest BCUT2D eigenvalue weighted by atomic mass is 9.77. The summed E-state index contributed by atoms with van der Waals surface area (Å²) in [6.07, 6.45) is 2.36. The van der Waals surface area contributed by atoms with Gasteiger partial charge in [0.15, 0.2) is 0 Å². The fourth-order valence-electron chi connectivity index (χ4n) is 2.77. The lowest BCUT2D eigenvalue weighted by molar-refractivity contribution is 0.134. The van der Waals surface area contributed by atoms with Crippen LogP contribution in [0.2, 0.25) is 0 Å². The summed E-state index contributed by atoms with van der Waals surface area (Å²) in [5, 5.41) is 3.74. The summed E-state index contributed by atoms with van der Waals surface area (Å²) >= 11 is 0. The van der Waals surface area contributed by atoms with Gasteiger partial charge in [-0.2, -0.15) is 0 Å². The van der Waals surface area contributed by atoms with Crippen molar-refractivity contribution in [3.63, 3.8) is 0 Å². The monoisotopic (exact) mass is 289 g/mol. The van der Waals surface area contributed by atoms with E-state index in [1.807, 2.05) is 0 Å². The number of benzene rings is 1. The summed E-state index contributed by atoms with van der Waals surface area (Å²) in [7, 11) is 0. The average Bonchev–Trinajstić information content (AvgIpc) is 2.89. The van der Waals surface area contributed by atoms with Crippen molar-refractivity contribution in [1.82, 2.24) is 5.32 Å². The van der Waals surface area contributed by atoms with Crippen LogP contribution in [0, 0.1) is 11.3 Å². The molecule has 0 spiro atoms. The van der Waals surface area contributed by atoms with E-state index in [9.17, 15) is 0 Å². The Morgan fingerprint density at radius 1 is 1.19 bits per heavy atom. The third kappa shape index (κ3) is 4.31. The summed E-state index contributed by atoms with van der Waals surface area (Å²) in [5.74, 6) is 0.677. The van der Waals surface area contributed by atoms with Gasteiger partial charge in [0, 0.05) is 6.04 Å². The Hall–Kier alpha value is -0.860. The van der Waals surface area contributed by atoms with Crippen LogP contribution in [0.25, 0.3) is 0 Å². The Balaban J connectivity index is 2.15. The van der Waals surface area contributed by atoms with Crippen molar-refractivity contribution in [1.29, 1.82) is 0 Å². The maximum atomic E-state index is 5.55. The maximum absolute atomic E-state index is 5.55. The van der Waals surface area contributed by atoms with Gasteiger partial charge in [-0.3, -0.25) is 0 Å². The van der Waals surface area contributed by atoms with Crippen LogP contribution in [0.4, 0.5) is 0 Å². The van der Waals surface area contributed by atoms with Crippen LogP contribution in [0.5, 0.6) is 0 Å². The highest BCUT2D eigenvalue weighted by molar-refractivity contribution is 5.34. The predicted octanol–water partition coefficient (Wildman–Crippen LogP) is 4.83. The largest absolute Gasteiger partial charge is 0.372 e. The first-order valence-corrected chi connectivity index (χ1v) is 8.34. The van der Waals surface area contributed by atoms with Crippen molar-refractivity contribution >= 4 is 0 Å². The van der Waals surface area contributed by atoms with Crippen LogP contribution in [-0.4, -0.2) is 6.54 Å². The summed E-state index contributed by atoms with van der Waals surface area (Å²) in [4.78, 5) is 0. The molecule has 0 saturated carbocycles. The van der Waals surface area contributed by atoms with Crippen molar-refractivity contribution in [3.05, 3.63) is 34.9 Å². The molecular weight excluding hydrogens is 258 g/mol. The summed E-state index contributed by atoms with van der Waals surface area (Å²) in [6.45, 7) is 14.3. The molecule has 0 saturated heterocycles. The second-order valence-corrected chi connectivity index (χ2v) is 7.53. The number of hydrogen-bond acceptors (Lipinski definition) is 2. The third-order valence-corrected chi connectivity index (χ3v) is 4.86. The molecule has 0 aliphatic carbocycles. The molecular formula is C19H31NO. The highest BCUT2D eigenvalue weighted by Gasteiger charge is 2.25. The molecule has 1 aliphatic heterocycles. The molecule has 1 aromatic rings. The number of hydrogen-bond donors (Lipinski definition) is 1. The van der Waals surface area contributed by atoms with E-state index in [0.29, 0.717) is 17.4 Å². The summed E-state index contributed by atoms with van der Waals surface area (Å²) in [6, 6.07) is 7.34. The van der Waals surface area contributed by atoms with Gasteiger partial charge in [0.05, 0.1) is 13.2 Å². The van der Waals surface area contributed by atoms with Gasteiger partial charge in [-0.25, -0.2) is 0 Å². The van der Waals surface area contributed by atoms with Gasteiger partial charge in [-0.05, 0) is 47.4 Å². The molecule has 1 aliphatic rings. The van der Waals surface area contributed by atoms with Crippen molar-refractivity contribution in [2.75, 3.05) is 6.54 Å². The van der Waals surface area contributed by atoms with Crippen LogP contribution in [0.1, 0.15) is 70.2 Å².